The first kappa shape index (κ1) is 21.1. The van der Waals surface area contributed by atoms with E-state index in [1.54, 1.807) is 12.1 Å². The lowest BCUT2D eigenvalue weighted by atomic mass is 10.0. The smallest absolute Gasteiger partial charge is 0.156 e. The van der Waals surface area contributed by atoms with Gasteiger partial charge in [-0.15, -0.1) is 0 Å². The van der Waals surface area contributed by atoms with Gasteiger partial charge in [0, 0.05) is 17.5 Å². The number of halogens is 1. The molecule has 0 unspecified atom stereocenters. The average Bonchev–Trinajstić information content (AvgIpc) is 3.03. The lowest BCUT2D eigenvalue weighted by Crippen LogP contribution is -2.17. The van der Waals surface area contributed by atoms with E-state index < -0.39 is 0 Å². The highest BCUT2D eigenvalue weighted by Crippen LogP contribution is 2.36. The highest BCUT2D eigenvalue weighted by Gasteiger charge is 2.20. The van der Waals surface area contributed by atoms with E-state index in [0.29, 0.717) is 17.6 Å². The number of hydrogen-bond acceptors (Lipinski definition) is 2. The second-order valence-electron chi connectivity index (χ2n) is 8.08. The van der Waals surface area contributed by atoms with Gasteiger partial charge in [-0.3, -0.25) is 0 Å². The summed E-state index contributed by atoms with van der Waals surface area (Å²) in [5, 5.41) is 13.8. The molecule has 4 rings (SSSR count). The Bertz CT molecular complexity index is 1180. The third-order valence-electron chi connectivity index (χ3n) is 5.77. The van der Waals surface area contributed by atoms with Crippen LogP contribution in [0.1, 0.15) is 30.0 Å². The van der Waals surface area contributed by atoms with E-state index in [9.17, 15) is 5.11 Å². The van der Waals surface area contributed by atoms with Crippen molar-refractivity contribution < 1.29 is 9.50 Å². The molecule has 31 heavy (non-hydrogen) atoms. The van der Waals surface area contributed by atoms with Gasteiger partial charge in [0.2, 0.25) is 0 Å². The van der Waals surface area contributed by atoms with Crippen LogP contribution < -0.4 is 5.32 Å². The van der Waals surface area contributed by atoms with Gasteiger partial charge in [0.25, 0.3) is 0 Å². The molecule has 4 heteroatoms. The molecule has 0 bridgehead atoms. The SMILES string of the molecule is CCCNCCc1ccc(Cn2c(-c3ccccc3C)c(F)c3cc(O)ccc32)cc1. The van der Waals surface area contributed by atoms with Gasteiger partial charge in [-0.05, 0) is 67.7 Å². The molecule has 160 valence electrons. The quantitative estimate of drug-likeness (QED) is 0.343. The Kier molecular flexibility index (Phi) is 6.38. The molecule has 1 heterocycles. The number of nitrogens with zero attached hydrogens (tertiary/aromatic N) is 1. The van der Waals surface area contributed by atoms with E-state index in [-0.39, 0.29) is 11.6 Å². The number of nitrogens with one attached hydrogen (secondary N) is 1. The number of aryl methyl sites for hydroxylation is 1. The summed E-state index contributed by atoms with van der Waals surface area (Å²) < 4.78 is 17.6. The van der Waals surface area contributed by atoms with Gasteiger partial charge in [0.15, 0.2) is 5.82 Å². The van der Waals surface area contributed by atoms with E-state index in [4.69, 9.17) is 0 Å². The van der Waals surface area contributed by atoms with Gasteiger partial charge in [0.05, 0.1) is 11.2 Å². The summed E-state index contributed by atoms with van der Waals surface area (Å²) in [6.07, 6.45) is 2.14. The fourth-order valence-electron chi connectivity index (χ4n) is 4.10. The first-order valence-electron chi connectivity index (χ1n) is 10.9. The zero-order valence-electron chi connectivity index (χ0n) is 18.2. The highest BCUT2D eigenvalue weighted by molar-refractivity contribution is 5.89. The van der Waals surface area contributed by atoms with E-state index in [2.05, 4.69) is 36.5 Å². The van der Waals surface area contributed by atoms with Crippen LogP contribution in [-0.4, -0.2) is 22.8 Å². The molecule has 0 saturated carbocycles. The van der Waals surface area contributed by atoms with E-state index >= 15 is 4.39 Å². The molecule has 0 aliphatic heterocycles. The molecule has 0 spiro atoms. The van der Waals surface area contributed by atoms with Crippen LogP contribution in [-0.2, 0) is 13.0 Å². The topological polar surface area (TPSA) is 37.2 Å². The third-order valence-corrected chi connectivity index (χ3v) is 5.77. The molecular formula is C27H29FN2O. The fraction of sp³-hybridized carbons (Fsp3) is 0.259. The van der Waals surface area contributed by atoms with Crippen molar-refractivity contribution in [1.29, 1.82) is 0 Å². The van der Waals surface area contributed by atoms with Crippen LogP contribution in [0.25, 0.3) is 22.2 Å². The van der Waals surface area contributed by atoms with Gasteiger partial charge in [0.1, 0.15) is 5.75 Å². The number of hydrogen-bond donors (Lipinski definition) is 2. The van der Waals surface area contributed by atoms with Crippen molar-refractivity contribution in [2.24, 2.45) is 0 Å². The second-order valence-corrected chi connectivity index (χ2v) is 8.08. The number of benzene rings is 3. The Morgan fingerprint density at radius 1 is 0.935 bits per heavy atom. The largest absolute Gasteiger partial charge is 0.508 e. The molecule has 0 radical (unpaired) electrons. The van der Waals surface area contributed by atoms with E-state index in [0.717, 1.165) is 48.1 Å². The Hall–Kier alpha value is -3.11. The van der Waals surface area contributed by atoms with Crippen molar-refractivity contribution in [2.75, 3.05) is 13.1 Å². The van der Waals surface area contributed by atoms with Gasteiger partial charge < -0.3 is 15.0 Å². The van der Waals surface area contributed by atoms with Crippen molar-refractivity contribution in [2.45, 2.75) is 33.2 Å². The second kappa shape index (κ2) is 9.36. The first-order valence-corrected chi connectivity index (χ1v) is 10.9. The van der Waals surface area contributed by atoms with Crippen LogP contribution in [0.4, 0.5) is 4.39 Å². The predicted molar refractivity (Wildman–Crippen MR) is 126 cm³/mol. The number of aromatic hydroxyl groups is 1. The van der Waals surface area contributed by atoms with Gasteiger partial charge in [-0.2, -0.15) is 0 Å². The van der Waals surface area contributed by atoms with Crippen molar-refractivity contribution in [3.63, 3.8) is 0 Å². The summed E-state index contributed by atoms with van der Waals surface area (Å²) in [6, 6.07) is 21.3. The minimum absolute atomic E-state index is 0.0703. The lowest BCUT2D eigenvalue weighted by molar-refractivity contribution is 0.476. The summed E-state index contributed by atoms with van der Waals surface area (Å²) in [6.45, 7) is 6.74. The highest BCUT2D eigenvalue weighted by atomic mass is 19.1. The molecule has 4 aromatic rings. The summed E-state index contributed by atoms with van der Waals surface area (Å²) in [5.74, 6) is -0.222. The number of rotatable bonds is 8. The van der Waals surface area contributed by atoms with Crippen LogP contribution in [0.5, 0.6) is 5.75 Å². The third kappa shape index (κ3) is 4.49. The summed E-state index contributed by atoms with van der Waals surface area (Å²) in [4.78, 5) is 0. The molecule has 0 saturated heterocycles. The van der Waals surface area contributed by atoms with Crippen molar-refractivity contribution in [3.05, 3.63) is 89.2 Å². The molecular weight excluding hydrogens is 387 g/mol. The number of phenols is 1. The van der Waals surface area contributed by atoms with Gasteiger partial charge in [-0.1, -0.05) is 55.5 Å². The molecule has 0 fully saturated rings. The number of fused-ring (bicyclic) bond motifs is 1. The van der Waals surface area contributed by atoms with Crippen LogP contribution >= 0.6 is 0 Å². The molecule has 2 N–H and O–H groups in total. The maximum atomic E-state index is 15.6. The number of aromatic nitrogens is 1. The maximum Gasteiger partial charge on any atom is 0.156 e. The van der Waals surface area contributed by atoms with E-state index in [1.165, 1.54) is 11.6 Å². The molecule has 0 aliphatic rings. The monoisotopic (exact) mass is 416 g/mol. The van der Waals surface area contributed by atoms with Crippen LogP contribution in [0.2, 0.25) is 0 Å². The Balaban J connectivity index is 1.70. The van der Waals surface area contributed by atoms with Crippen molar-refractivity contribution in [1.82, 2.24) is 9.88 Å². The molecule has 1 aromatic heterocycles. The maximum absolute atomic E-state index is 15.6. The molecule has 3 aromatic carbocycles. The van der Waals surface area contributed by atoms with Crippen LogP contribution in [0.3, 0.4) is 0 Å². The Morgan fingerprint density at radius 3 is 2.42 bits per heavy atom. The minimum atomic E-state index is -0.293. The zero-order chi connectivity index (χ0) is 21.8. The Morgan fingerprint density at radius 2 is 1.68 bits per heavy atom. The summed E-state index contributed by atoms with van der Waals surface area (Å²) in [5.41, 5.74) is 5.64. The summed E-state index contributed by atoms with van der Waals surface area (Å²) in [7, 11) is 0. The molecule has 0 amide bonds. The first-order chi connectivity index (χ1) is 15.1. The molecule has 3 nitrogen and oxygen atoms in total. The predicted octanol–water partition coefficient (Wildman–Crippen LogP) is 6.05. The van der Waals surface area contributed by atoms with Crippen LogP contribution in [0, 0.1) is 12.7 Å². The zero-order valence-corrected chi connectivity index (χ0v) is 18.2. The van der Waals surface area contributed by atoms with E-state index in [1.807, 2.05) is 35.8 Å². The number of phenolic OH excluding ortho intramolecular Hbond substituents is 1. The fourth-order valence-corrected chi connectivity index (χ4v) is 4.10. The normalized spacial score (nSPS) is 11.3. The lowest BCUT2D eigenvalue weighted by Gasteiger charge is -2.13. The molecule has 0 aliphatic carbocycles. The van der Waals surface area contributed by atoms with Crippen molar-refractivity contribution >= 4 is 10.9 Å². The molecule has 0 atom stereocenters. The minimum Gasteiger partial charge on any atom is -0.508 e. The standard InChI is InChI=1S/C27H29FN2O/c1-3-15-29-16-14-20-8-10-21(11-9-20)18-30-25-13-12-22(31)17-24(25)26(28)27(30)23-7-5-4-6-19(23)2/h4-13,17,29,31H,3,14-16,18H2,1-2H3. The summed E-state index contributed by atoms with van der Waals surface area (Å²) >= 11 is 0. The van der Waals surface area contributed by atoms with Gasteiger partial charge >= 0.3 is 0 Å². The Labute approximate surface area is 183 Å². The average molecular weight is 417 g/mol. The van der Waals surface area contributed by atoms with Crippen LogP contribution in [0.15, 0.2) is 66.7 Å². The van der Waals surface area contributed by atoms with Gasteiger partial charge in [-0.25, -0.2) is 4.39 Å². The van der Waals surface area contributed by atoms with Crippen molar-refractivity contribution in [3.8, 4) is 17.0 Å².